The van der Waals surface area contributed by atoms with Crippen LogP contribution in [0.5, 0.6) is 0 Å². The molecule has 0 aromatic heterocycles. The van der Waals surface area contributed by atoms with Crippen molar-refractivity contribution in [2.24, 2.45) is 0 Å². The second-order valence-corrected chi connectivity index (χ2v) is 4.02. The van der Waals surface area contributed by atoms with Crippen LogP contribution in [0, 0.1) is 0 Å². The van der Waals surface area contributed by atoms with Gasteiger partial charge in [-0.3, -0.25) is 0 Å². The molecule has 0 aliphatic carbocycles. The Morgan fingerprint density at radius 3 is 1.62 bits per heavy atom. The predicted octanol–water partition coefficient (Wildman–Crippen LogP) is 2.01. The van der Waals surface area contributed by atoms with Gasteiger partial charge in [-0.25, -0.2) is 0 Å². The third-order valence-electron chi connectivity index (χ3n) is 2.88. The normalized spacial score (nSPS) is 10.6. The van der Waals surface area contributed by atoms with Crippen LogP contribution in [0.2, 0.25) is 0 Å². The minimum absolute atomic E-state index is 0.493. The van der Waals surface area contributed by atoms with E-state index in [0.717, 1.165) is 6.54 Å². The number of hydrogen-bond donors (Lipinski definition) is 1. The van der Waals surface area contributed by atoms with E-state index in [-0.39, 0.29) is 0 Å². The molecule has 0 saturated carbocycles. The molecular weight excluding hydrogens is 194 g/mol. The minimum atomic E-state index is 0.493. The molecule has 2 aromatic carbocycles. The molecule has 0 spiro atoms. The molecule has 2 aromatic rings. The van der Waals surface area contributed by atoms with Gasteiger partial charge in [-0.15, -0.1) is 0 Å². The molecule has 2 N–H and O–H groups in total. The Morgan fingerprint density at radius 1 is 0.812 bits per heavy atom. The molecular formula is C15H18N+. The number of rotatable bonds is 4. The van der Waals surface area contributed by atoms with Crippen LogP contribution < -0.4 is 5.32 Å². The summed E-state index contributed by atoms with van der Waals surface area (Å²) in [4.78, 5) is 0. The number of likely N-dealkylation sites (N-methyl/N-ethyl adjacent to an activating group) is 1. The lowest BCUT2D eigenvalue weighted by molar-refractivity contribution is -0.628. The van der Waals surface area contributed by atoms with Crippen LogP contribution in [0.25, 0.3) is 0 Å². The van der Waals surface area contributed by atoms with Crippen LogP contribution in [-0.4, -0.2) is 13.6 Å². The zero-order valence-electron chi connectivity index (χ0n) is 9.64. The first-order chi connectivity index (χ1) is 7.92. The van der Waals surface area contributed by atoms with E-state index in [0.29, 0.717) is 5.92 Å². The van der Waals surface area contributed by atoms with Gasteiger partial charge >= 0.3 is 0 Å². The summed E-state index contributed by atoms with van der Waals surface area (Å²) in [6, 6.07) is 21.4. The van der Waals surface area contributed by atoms with Crippen molar-refractivity contribution in [2.75, 3.05) is 13.6 Å². The SMILES string of the molecule is C[NH2+]CC(c1ccccc1)c1ccccc1. The number of hydrogen-bond acceptors (Lipinski definition) is 0. The van der Waals surface area contributed by atoms with Crippen LogP contribution >= 0.6 is 0 Å². The van der Waals surface area contributed by atoms with Gasteiger partial charge in [0.25, 0.3) is 0 Å². The summed E-state index contributed by atoms with van der Waals surface area (Å²) >= 11 is 0. The Morgan fingerprint density at radius 2 is 1.25 bits per heavy atom. The molecule has 1 nitrogen and oxygen atoms in total. The van der Waals surface area contributed by atoms with Crippen LogP contribution in [0.4, 0.5) is 0 Å². The fraction of sp³-hybridized carbons (Fsp3) is 0.200. The zero-order chi connectivity index (χ0) is 11.2. The van der Waals surface area contributed by atoms with E-state index in [1.165, 1.54) is 11.1 Å². The van der Waals surface area contributed by atoms with Gasteiger partial charge in [-0.1, -0.05) is 60.7 Å². The van der Waals surface area contributed by atoms with Gasteiger partial charge in [0.2, 0.25) is 0 Å². The van der Waals surface area contributed by atoms with E-state index in [1.807, 2.05) is 0 Å². The van der Waals surface area contributed by atoms with Crippen LogP contribution in [0.15, 0.2) is 60.7 Å². The first kappa shape index (κ1) is 10.9. The highest BCUT2D eigenvalue weighted by molar-refractivity contribution is 5.32. The maximum absolute atomic E-state index is 2.24. The summed E-state index contributed by atoms with van der Waals surface area (Å²) in [7, 11) is 2.12. The van der Waals surface area contributed by atoms with E-state index in [9.17, 15) is 0 Å². The van der Waals surface area contributed by atoms with Gasteiger partial charge in [0.15, 0.2) is 0 Å². The summed E-state index contributed by atoms with van der Waals surface area (Å²) in [6.07, 6.45) is 0. The van der Waals surface area contributed by atoms with E-state index < -0.39 is 0 Å². The number of benzene rings is 2. The average Bonchev–Trinajstić information content (AvgIpc) is 2.38. The lowest BCUT2D eigenvalue weighted by Gasteiger charge is -2.15. The molecule has 0 unspecified atom stereocenters. The average molecular weight is 212 g/mol. The molecule has 0 radical (unpaired) electrons. The Kier molecular flexibility index (Phi) is 3.73. The van der Waals surface area contributed by atoms with Crippen molar-refractivity contribution in [3.8, 4) is 0 Å². The second kappa shape index (κ2) is 5.47. The number of quaternary nitrogens is 1. The molecule has 0 aliphatic rings. The molecule has 0 heterocycles. The summed E-state index contributed by atoms with van der Waals surface area (Å²) in [6.45, 7) is 1.09. The molecule has 82 valence electrons. The summed E-state index contributed by atoms with van der Waals surface area (Å²) in [5.41, 5.74) is 2.79. The highest BCUT2D eigenvalue weighted by atomic mass is 14.8. The molecule has 0 bridgehead atoms. The van der Waals surface area contributed by atoms with Gasteiger partial charge < -0.3 is 5.32 Å². The highest BCUT2D eigenvalue weighted by Crippen LogP contribution is 2.22. The van der Waals surface area contributed by atoms with E-state index >= 15 is 0 Å². The van der Waals surface area contributed by atoms with Crippen LogP contribution in [-0.2, 0) is 0 Å². The monoisotopic (exact) mass is 212 g/mol. The third kappa shape index (κ3) is 2.50. The summed E-state index contributed by atoms with van der Waals surface area (Å²) in [5, 5.41) is 2.24. The maximum atomic E-state index is 2.24. The van der Waals surface area contributed by atoms with E-state index in [2.05, 4.69) is 73.0 Å². The fourth-order valence-corrected chi connectivity index (χ4v) is 2.07. The van der Waals surface area contributed by atoms with Crippen molar-refractivity contribution in [1.82, 2.24) is 0 Å². The number of nitrogens with two attached hydrogens (primary N) is 1. The summed E-state index contributed by atoms with van der Waals surface area (Å²) in [5.74, 6) is 0.493. The molecule has 0 fully saturated rings. The van der Waals surface area contributed by atoms with Crippen molar-refractivity contribution in [3.05, 3.63) is 71.8 Å². The Balaban J connectivity index is 2.31. The topological polar surface area (TPSA) is 16.6 Å². The molecule has 16 heavy (non-hydrogen) atoms. The first-order valence-electron chi connectivity index (χ1n) is 5.79. The highest BCUT2D eigenvalue weighted by Gasteiger charge is 2.14. The minimum Gasteiger partial charge on any atom is -0.348 e. The molecule has 0 amide bonds. The smallest absolute Gasteiger partial charge is 0.0864 e. The van der Waals surface area contributed by atoms with Gasteiger partial charge in [-0.2, -0.15) is 0 Å². The fourth-order valence-electron chi connectivity index (χ4n) is 2.07. The van der Waals surface area contributed by atoms with Crippen molar-refractivity contribution >= 4 is 0 Å². The molecule has 1 heteroatoms. The van der Waals surface area contributed by atoms with Gasteiger partial charge in [0.05, 0.1) is 19.5 Å². The van der Waals surface area contributed by atoms with Crippen molar-refractivity contribution in [2.45, 2.75) is 5.92 Å². The van der Waals surface area contributed by atoms with Crippen LogP contribution in [0.3, 0.4) is 0 Å². The van der Waals surface area contributed by atoms with Gasteiger partial charge in [0.1, 0.15) is 0 Å². The molecule has 0 saturated heterocycles. The Labute approximate surface area is 97.1 Å². The quantitative estimate of drug-likeness (QED) is 0.798. The maximum Gasteiger partial charge on any atom is 0.0864 e. The zero-order valence-corrected chi connectivity index (χ0v) is 9.64. The van der Waals surface area contributed by atoms with E-state index in [4.69, 9.17) is 0 Å². The summed E-state index contributed by atoms with van der Waals surface area (Å²) < 4.78 is 0. The van der Waals surface area contributed by atoms with Gasteiger partial charge in [0, 0.05) is 0 Å². The lowest BCUT2D eigenvalue weighted by Crippen LogP contribution is -2.80. The van der Waals surface area contributed by atoms with Crippen molar-refractivity contribution < 1.29 is 5.32 Å². The largest absolute Gasteiger partial charge is 0.348 e. The second-order valence-electron chi connectivity index (χ2n) is 4.02. The molecule has 0 aliphatic heterocycles. The Hall–Kier alpha value is -1.60. The van der Waals surface area contributed by atoms with Crippen molar-refractivity contribution in [3.63, 3.8) is 0 Å². The molecule has 0 atom stereocenters. The van der Waals surface area contributed by atoms with E-state index in [1.54, 1.807) is 0 Å². The predicted molar refractivity (Wildman–Crippen MR) is 67.4 cm³/mol. The third-order valence-corrected chi connectivity index (χ3v) is 2.88. The lowest BCUT2D eigenvalue weighted by atomic mass is 9.91. The Bertz CT molecular complexity index is 368. The first-order valence-corrected chi connectivity index (χ1v) is 5.79. The molecule has 2 rings (SSSR count). The van der Waals surface area contributed by atoms with Crippen LogP contribution in [0.1, 0.15) is 17.0 Å². The van der Waals surface area contributed by atoms with Gasteiger partial charge in [-0.05, 0) is 11.1 Å². The standard InChI is InChI=1S/C15H17N/c1-16-12-15(13-8-4-2-5-9-13)14-10-6-3-7-11-14/h2-11,15-16H,12H2,1H3/p+1. The van der Waals surface area contributed by atoms with Crippen molar-refractivity contribution in [1.29, 1.82) is 0 Å².